The van der Waals surface area contributed by atoms with Gasteiger partial charge in [-0.1, -0.05) is 27.7 Å². The van der Waals surface area contributed by atoms with E-state index >= 15 is 0 Å². The molecule has 1 heterocycles. The molecule has 3 unspecified atom stereocenters. The minimum Gasteiger partial charge on any atom is -0.311 e. The Bertz CT molecular complexity index is 264. The van der Waals surface area contributed by atoms with E-state index in [1.807, 2.05) is 0 Å². The zero-order chi connectivity index (χ0) is 14.7. The molecule has 0 aromatic heterocycles. The van der Waals surface area contributed by atoms with Gasteiger partial charge in [-0.05, 0) is 32.6 Å². The van der Waals surface area contributed by atoms with Crippen molar-refractivity contribution in [2.45, 2.75) is 70.9 Å². The lowest BCUT2D eigenvalue weighted by Gasteiger charge is -2.41. The van der Waals surface area contributed by atoms with Crippen molar-refractivity contribution in [3.05, 3.63) is 0 Å². The fraction of sp³-hybridized carbons (Fsp3) is 1.00. The summed E-state index contributed by atoms with van der Waals surface area (Å²) in [5.41, 5.74) is 0.601. The number of hydrogen-bond acceptors (Lipinski definition) is 3. The fourth-order valence-electron chi connectivity index (χ4n) is 2.72. The molecule has 1 rings (SSSR count). The van der Waals surface area contributed by atoms with Crippen LogP contribution in [-0.2, 0) is 0 Å². The topological polar surface area (TPSA) is 15.3 Å². The van der Waals surface area contributed by atoms with Crippen LogP contribution in [0.2, 0.25) is 0 Å². The van der Waals surface area contributed by atoms with Crippen molar-refractivity contribution < 1.29 is 0 Å². The van der Waals surface area contributed by atoms with Crippen molar-refractivity contribution in [2.75, 3.05) is 26.2 Å². The minimum absolute atomic E-state index is 0.217. The summed E-state index contributed by atoms with van der Waals surface area (Å²) in [6.07, 6.45) is 1.24. The number of nitrogens with one attached hydrogen (secondary N) is 1. The first-order chi connectivity index (χ1) is 8.63. The van der Waals surface area contributed by atoms with Crippen LogP contribution in [0.5, 0.6) is 0 Å². The largest absolute Gasteiger partial charge is 0.311 e. The number of rotatable bonds is 5. The molecule has 1 N–H and O–H groups in total. The van der Waals surface area contributed by atoms with Gasteiger partial charge in [0.2, 0.25) is 0 Å². The quantitative estimate of drug-likeness (QED) is 0.831. The van der Waals surface area contributed by atoms with Gasteiger partial charge >= 0.3 is 0 Å². The van der Waals surface area contributed by atoms with Gasteiger partial charge in [-0.25, -0.2) is 0 Å². The lowest BCUT2D eigenvalue weighted by atomic mass is 9.85. The van der Waals surface area contributed by atoms with Crippen LogP contribution in [0.1, 0.15) is 54.9 Å². The molecule has 0 aliphatic carbocycles. The summed E-state index contributed by atoms with van der Waals surface area (Å²) >= 11 is 2.14. The Kier molecular flexibility index (Phi) is 6.22. The van der Waals surface area contributed by atoms with Crippen molar-refractivity contribution in [3.8, 4) is 0 Å². The van der Waals surface area contributed by atoms with Gasteiger partial charge in [0.15, 0.2) is 0 Å². The molecule has 0 amide bonds. The van der Waals surface area contributed by atoms with E-state index in [9.17, 15) is 0 Å². The van der Waals surface area contributed by atoms with E-state index in [2.05, 4.69) is 70.4 Å². The standard InChI is InChI=1S/C16H34N2S/c1-8-16(7,11-17-15(4,5)6)12-18-9-13(2)19-14(3)10-18/h13-14,17H,8-12H2,1-7H3. The van der Waals surface area contributed by atoms with Gasteiger partial charge in [0.25, 0.3) is 0 Å². The Hall–Kier alpha value is 0.270. The van der Waals surface area contributed by atoms with Gasteiger partial charge in [-0.2, -0.15) is 11.8 Å². The van der Waals surface area contributed by atoms with Gasteiger partial charge in [-0.3, -0.25) is 0 Å². The summed E-state index contributed by atoms with van der Waals surface area (Å²) in [5, 5.41) is 5.25. The molecule has 1 fully saturated rings. The average molecular weight is 287 g/mol. The summed E-state index contributed by atoms with van der Waals surface area (Å²) in [6.45, 7) is 21.1. The molecule has 0 saturated carbocycles. The molecule has 1 aliphatic rings. The van der Waals surface area contributed by atoms with Gasteiger partial charge in [0, 0.05) is 42.2 Å². The number of nitrogens with zero attached hydrogens (tertiary/aromatic N) is 1. The molecule has 0 spiro atoms. The molecule has 19 heavy (non-hydrogen) atoms. The van der Waals surface area contributed by atoms with Gasteiger partial charge in [-0.15, -0.1) is 0 Å². The summed E-state index contributed by atoms with van der Waals surface area (Å²) < 4.78 is 0. The summed E-state index contributed by atoms with van der Waals surface area (Å²) in [5.74, 6) is 0. The van der Waals surface area contributed by atoms with Crippen molar-refractivity contribution >= 4 is 11.8 Å². The van der Waals surface area contributed by atoms with Crippen LogP contribution in [0.4, 0.5) is 0 Å². The molecule has 0 radical (unpaired) electrons. The fourth-order valence-corrected chi connectivity index (χ4v) is 4.11. The zero-order valence-corrected chi connectivity index (χ0v) is 14.9. The summed E-state index contributed by atoms with van der Waals surface area (Å²) in [4.78, 5) is 2.68. The predicted octanol–water partition coefficient (Wildman–Crippen LogP) is 3.62. The lowest BCUT2D eigenvalue weighted by molar-refractivity contribution is 0.145. The third-order valence-corrected chi connectivity index (χ3v) is 5.23. The second kappa shape index (κ2) is 6.82. The zero-order valence-electron chi connectivity index (χ0n) is 14.0. The lowest BCUT2D eigenvalue weighted by Crippen LogP contribution is -2.50. The third kappa shape index (κ3) is 6.50. The Morgan fingerprint density at radius 1 is 1.11 bits per heavy atom. The molecule has 0 aromatic rings. The van der Waals surface area contributed by atoms with Crippen LogP contribution in [0.25, 0.3) is 0 Å². The van der Waals surface area contributed by atoms with Crippen molar-refractivity contribution in [1.29, 1.82) is 0 Å². The van der Waals surface area contributed by atoms with Crippen molar-refractivity contribution in [1.82, 2.24) is 10.2 Å². The molecule has 1 aliphatic heterocycles. The molecule has 1 saturated heterocycles. The highest BCUT2D eigenvalue weighted by molar-refractivity contribution is 8.00. The predicted molar refractivity (Wildman–Crippen MR) is 89.1 cm³/mol. The Balaban J connectivity index is 2.54. The Morgan fingerprint density at radius 3 is 2.05 bits per heavy atom. The molecular weight excluding hydrogens is 252 g/mol. The monoisotopic (exact) mass is 286 g/mol. The van der Waals surface area contributed by atoms with Crippen LogP contribution < -0.4 is 5.32 Å². The maximum Gasteiger partial charge on any atom is 0.0149 e. The maximum atomic E-state index is 3.69. The van der Waals surface area contributed by atoms with E-state index in [1.54, 1.807) is 0 Å². The first kappa shape index (κ1) is 17.3. The first-order valence-corrected chi connectivity index (χ1v) is 8.71. The maximum absolute atomic E-state index is 3.69. The molecule has 0 aromatic carbocycles. The van der Waals surface area contributed by atoms with Crippen LogP contribution in [-0.4, -0.2) is 47.1 Å². The van der Waals surface area contributed by atoms with Crippen molar-refractivity contribution in [3.63, 3.8) is 0 Å². The van der Waals surface area contributed by atoms with E-state index in [1.165, 1.54) is 26.1 Å². The van der Waals surface area contributed by atoms with E-state index in [4.69, 9.17) is 0 Å². The third-order valence-electron chi connectivity index (χ3n) is 4.00. The smallest absolute Gasteiger partial charge is 0.0149 e. The first-order valence-electron chi connectivity index (χ1n) is 7.76. The molecule has 3 heteroatoms. The van der Waals surface area contributed by atoms with Gasteiger partial charge < -0.3 is 10.2 Å². The normalized spacial score (nSPS) is 29.2. The van der Waals surface area contributed by atoms with E-state index in [0.29, 0.717) is 5.41 Å². The van der Waals surface area contributed by atoms with Gasteiger partial charge in [0.1, 0.15) is 0 Å². The number of thioether (sulfide) groups is 1. The van der Waals surface area contributed by atoms with E-state index in [0.717, 1.165) is 17.0 Å². The molecule has 114 valence electrons. The number of hydrogen-bond donors (Lipinski definition) is 1. The van der Waals surface area contributed by atoms with Crippen molar-refractivity contribution in [2.24, 2.45) is 5.41 Å². The molecule has 3 atom stereocenters. The van der Waals surface area contributed by atoms with Crippen LogP contribution in [0, 0.1) is 5.41 Å². The molecule has 0 bridgehead atoms. The van der Waals surface area contributed by atoms with E-state index < -0.39 is 0 Å². The molecular formula is C16H34N2S. The Morgan fingerprint density at radius 2 is 1.63 bits per heavy atom. The average Bonchev–Trinajstić information content (AvgIpc) is 2.24. The second-order valence-electron chi connectivity index (χ2n) is 7.72. The highest BCUT2D eigenvalue weighted by atomic mass is 32.2. The van der Waals surface area contributed by atoms with Crippen LogP contribution in [0.3, 0.4) is 0 Å². The van der Waals surface area contributed by atoms with Gasteiger partial charge in [0.05, 0.1) is 0 Å². The second-order valence-corrected chi connectivity index (χ2v) is 9.60. The highest BCUT2D eigenvalue weighted by Crippen LogP contribution is 2.29. The van der Waals surface area contributed by atoms with Crippen LogP contribution >= 0.6 is 11.8 Å². The highest BCUT2D eigenvalue weighted by Gasteiger charge is 2.30. The SMILES string of the molecule is CCC(C)(CNC(C)(C)C)CN1CC(C)SC(C)C1. The van der Waals surface area contributed by atoms with E-state index in [-0.39, 0.29) is 5.54 Å². The molecule has 2 nitrogen and oxygen atoms in total. The van der Waals surface area contributed by atoms with Crippen LogP contribution in [0.15, 0.2) is 0 Å². The minimum atomic E-state index is 0.217. The Labute approximate surface area is 125 Å². The summed E-state index contributed by atoms with van der Waals surface area (Å²) in [6, 6.07) is 0. The summed E-state index contributed by atoms with van der Waals surface area (Å²) in [7, 11) is 0.